The maximum absolute atomic E-state index is 11.8. The number of rotatable bonds is 8. The summed E-state index contributed by atoms with van der Waals surface area (Å²) in [6, 6.07) is 16.7. The minimum atomic E-state index is -0.497. The molecule has 1 aliphatic heterocycles. The molecule has 156 valence electrons. The molecule has 3 aromatic rings. The lowest BCUT2D eigenvalue weighted by Gasteiger charge is -2.07. The molecule has 1 aliphatic rings. The quantitative estimate of drug-likeness (QED) is 0.331. The van der Waals surface area contributed by atoms with Crippen LogP contribution in [0.25, 0.3) is 17.0 Å². The van der Waals surface area contributed by atoms with Crippen molar-refractivity contribution in [1.29, 1.82) is 5.26 Å². The number of benzene rings is 2. The van der Waals surface area contributed by atoms with E-state index in [2.05, 4.69) is 27.3 Å². The number of hydrogen-bond donors (Lipinski definition) is 2. The third-order valence-corrected chi connectivity index (χ3v) is 5.13. The largest absolute Gasteiger partial charge is 0.494 e. The maximum atomic E-state index is 11.8. The van der Waals surface area contributed by atoms with Gasteiger partial charge in [-0.1, -0.05) is 18.2 Å². The lowest BCUT2D eigenvalue weighted by Crippen LogP contribution is -2.22. The fourth-order valence-corrected chi connectivity index (χ4v) is 3.59. The Morgan fingerprint density at radius 3 is 2.55 bits per heavy atom. The van der Waals surface area contributed by atoms with E-state index in [-0.39, 0.29) is 5.70 Å². The van der Waals surface area contributed by atoms with Crippen LogP contribution in [-0.2, 0) is 11.3 Å². The number of nitrogens with one attached hydrogen (secondary N) is 2. The van der Waals surface area contributed by atoms with E-state index in [4.69, 9.17) is 10.00 Å². The number of unbranched alkanes of at least 4 members (excludes halogenated alkanes) is 2. The van der Waals surface area contributed by atoms with Gasteiger partial charge in [-0.2, -0.15) is 5.26 Å². The summed E-state index contributed by atoms with van der Waals surface area (Å²) >= 11 is 0. The minimum Gasteiger partial charge on any atom is -0.494 e. The smallest absolute Gasteiger partial charge is 0.326 e. The monoisotopic (exact) mass is 414 g/mol. The second-order valence-corrected chi connectivity index (χ2v) is 7.31. The van der Waals surface area contributed by atoms with Crippen molar-refractivity contribution in [2.24, 2.45) is 0 Å². The van der Waals surface area contributed by atoms with E-state index in [1.807, 2.05) is 36.5 Å². The summed E-state index contributed by atoms with van der Waals surface area (Å²) in [5, 5.41) is 14.6. The number of amides is 3. The molecule has 0 spiro atoms. The molecule has 0 unspecified atom stereocenters. The summed E-state index contributed by atoms with van der Waals surface area (Å²) in [6.45, 7) is 1.48. The zero-order chi connectivity index (χ0) is 21.6. The van der Waals surface area contributed by atoms with Crippen molar-refractivity contribution in [1.82, 2.24) is 15.2 Å². The number of aryl methyl sites for hydroxylation is 1. The molecule has 0 saturated carbocycles. The Kier molecular flexibility index (Phi) is 5.99. The molecular weight excluding hydrogens is 392 g/mol. The predicted molar refractivity (Wildman–Crippen MR) is 117 cm³/mol. The third kappa shape index (κ3) is 4.75. The Bertz CT molecular complexity index is 1190. The number of carbonyl (C=O) groups is 2. The Morgan fingerprint density at radius 2 is 1.81 bits per heavy atom. The summed E-state index contributed by atoms with van der Waals surface area (Å²) in [4.78, 5) is 23.2. The topological polar surface area (TPSA) is 96.2 Å². The van der Waals surface area contributed by atoms with Crippen LogP contribution in [0.5, 0.6) is 5.75 Å². The SMILES string of the molecule is N#Cc1ccc(OCCCCCn2cc(/C=C3\NC(=O)NC3=O)c3ccccc32)cc1. The molecule has 1 fully saturated rings. The van der Waals surface area contributed by atoms with Crippen LogP contribution >= 0.6 is 0 Å². The Labute approximate surface area is 179 Å². The fraction of sp³-hybridized carbons (Fsp3) is 0.208. The third-order valence-electron chi connectivity index (χ3n) is 5.13. The first kappa shape index (κ1) is 20.2. The van der Waals surface area contributed by atoms with Crippen LogP contribution in [0.3, 0.4) is 0 Å². The standard InChI is InChI=1S/C24H22N4O3/c25-15-17-8-10-19(11-9-17)31-13-5-1-4-12-28-16-18(20-6-2-3-7-22(20)28)14-21-23(29)27-24(30)26-21/h2-3,6-11,14,16H,1,4-5,12-13H2,(H2,26,27,29,30)/b21-14-. The molecular formula is C24H22N4O3. The molecule has 4 rings (SSSR count). The van der Waals surface area contributed by atoms with Crippen molar-refractivity contribution in [3.05, 3.63) is 71.6 Å². The van der Waals surface area contributed by atoms with E-state index in [1.54, 1.807) is 18.2 Å². The lowest BCUT2D eigenvalue weighted by molar-refractivity contribution is -0.115. The molecule has 1 saturated heterocycles. The highest BCUT2D eigenvalue weighted by Gasteiger charge is 2.23. The van der Waals surface area contributed by atoms with Gasteiger partial charge in [0.15, 0.2) is 0 Å². The number of nitrogens with zero attached hydrogens (tertiary/aromatic N) is 2. The molecule has 2 N–H and O–H groups in total. The molecule has 3 amide bonds. The molecule has 2 heterocycles. The first-order valence-electron chi connectivity index (χ1n) is 10.2. The predicted octanol–water partition coefficient (Wildman–Crippen LogP) is 3.94. The van der Waals surface area contributed by atoms with Crippen LogP contribution in [0.15, 0.2) is 60.4 Å². The molecule has 0 bridgehead atoms. The average molecular weight is 414 g/mol. The highest BCUT2D eigenvalue weighted by Crippen LogP contribution is 2.24. The number of imide groups is 1. The number of para-hydroxylation sites is 1. The number of hydrogen-bond acceptors (Lipinski definition) is 4. The molecule has 0 atom stereocenters. The van der Waals surface area contributed by atoms with Crippen LogP contribution in [0.1, 0.15) is 30.4 Å². The van der Waals surface area contributed by atoms with Gasteiger partial charge in [-0.3, -0.25) is 10.1 Å². The zero-order valence-corrected chi connectivity index (χ0v) is 16.9. The summed E-state index contributed by atoms with van der Waals surface area (Å²) in [6.07, 6.45) is 6.66. The van der Waals surface area contributed by atoms with Gasteiger partial charge in [-0.05, 0) is 55.7 Å². The molecule has 0 aliphatic carbocycles. The normalized spacial score (nSPS) is 14.5. The number of ether oxygens (including phenoxy) is 1. The van der Waals surface area contributed by atoms with Crippen molar-refractivity contribution in [3.63, 3.8) is 0 Å². The molecule has 1 aromatic heterocycles. The second-order valence-electron chi connectivity index (χ2n) is 7.31. The molecule has 31 heavy (non-hydrogen) atoms. The van der Waals surface area contributed by atoms with E-state index >= 15 is 0 Å². The van der Waals surface area contributed by atoms with Gasteiger partial charge in [0, 0.05) is 29.2 Å². The van der Waals surface area contributed by atoms with E-state index in [0.29, 0.717) is 12.2 Å². The first-order chi connectivity index (χ1) is 15.1. The van der Waals surface area contributed by atoms with Crippen LogP contribution in [0.2, 0.25) is 0 Å². The number of fused-ring (bicyclic) bond motifs is 1. The van der Waals surface area contributed by atoms with Gasteiger partial charge in [0.25, 0.3) is 5.91 Å². The van der Waals surface area contributed by atoms with Crippen LogP contribution in [0.4, 0.5) is 4.79 Å². The minimum absolute atomic E-state index is 0.257. The van der Waals surface area contributed by atoms with Gasteiger partial charge >= 0.3 is 6.03 Å². The van der Waals surface area contributed by atoms with Gasteiger partial charge in [-0.25, -0.2) is 4.79 Å². The van der Waals surface area contributed by atoms with E-state index in [9.17, 15) is 9.59 Å². The zero-order valence-electron chi connectivity index (χ0n) is 16.9. The Morgan fingerprint density at radius 1 is 1.00 bits per heavy atom. The highest BCUT2D eigenvalue weighted by molar-refractivity contribution is 6.14. The maximum Gasteiger partial charge on any atom is 0.326 e. The van der Waals surface area contributed by atoms with Crippen LogP contribution in [0, 0.1) is 11.3 Å². The molecule has 7 heteroatoms. The molecule has 7 nitrogen and oxygen atoms in total. The first-order valence-corrected chi connectivity index (χ1v) is 10.2. The van der Waals surface area contributed by atoms with Gasteiger partial charge in [0.2, 0.25) is 0 Å². The van der Waals surface area contributed by atoms with Crippen LogP contribution in [-0.4, -0.2) is 23.1 Å². The molecule has 0 radical (unpaired) electrons. The number of urea groups is 1. The van der Waals surface area contributed by atoms with E-state index in [1.165, 1.54) is 0 Å². The fourth-order valence-electron chi connectivity index (χ4n) is 3.59. The Hall–Kier alpha value is -4.05. The summed E-state index contributed by atoms with van der Waals surface area (Å²) in [5.74, 6) is 0.361. The van der Waals surface area contributed by atoms with Crippen molar-refractivity contribution >= 4 is 28.9 Å². The lowest BCUT2D eigenvalue weighted by atomic mass is 10.1. The van der Waals surface area contributed by atoms with Crippen molar-refractivity contribution in [3.8, 4) is 11.8 Å². The number of aromatic nitrogens is 1. The summed E-state index contributed by atoms with van der Waals surface area (Å²) in [5.41, 5.74) is 2.87. The summed E-state index contributed by atoms with van der Waals surface area (Å²) in [7, 11) is 0. The van der Waals surface area contributed by atoms with Gasteiger partial charge in [-0.15, -0.1) is 0 Å². The van der Waals surface area contributed by atoms with Gasteiger partial charge in [0.1, 0.15) is 11.4 Å². The van der Waals surface area contributed by atoms with E-state index in [0.717, 1.165) is 48.0 Å². The highest BCUT2D eigenvalue weighted by atomic mass is 16.5. The van der Waals surface area contributed by atoms with Gasteiger partial charge < -0.3 is 14.6 Å². The van der Waals surface area contributed by atoms with Crippen molar-refractivity contribution < 1.29 is 14.3 Å². The molecule has 2 aromatic carbocycles. The number of nitriles is 1. The summed E-state index contributed by atoms with van der Waals surface area (Å²) < 4.78 is 7.91. The van der Waals surface area contributed by atoms with Crippen molar-refractivity contribution in [2.45, 2.75) is 25.8 Å². The number of carbonyl (C=O) groups excluding carboxylic acids is 2. The van der Waals surface area contributed by atoms with Crippen molar-refractivity contribution in [2.75, 3.05) is 6.61 Å². The Balaban J connectivity index is 1.33. The van der Waals surface area contributed by atoms with E-state index < -0.39 is 11.9 Å². The van der Waals surface area contributed by atoms with Gasteiger partial charge in [0.05, 0.1) is 18.2 Å². The average Bonchev–Trinajstić information content (AvgIpc) is 3.30. The second kappa shape index (κ2) is 9.18. The van der Waals surface area contributed by atoms with Crippen LogP contribution < -0.4 is 15.4 Å².